The summed E-state index contributed by atoms with van der Waals surface area (Å²) in [5, 5.41) is 15.4. The molecule has 0 aliphatic heterocycles. The molecule has 176 valence electrons. The van der Waals surface area contributed by atoms with Gasteiger partial charge in [0.2, 0.25) is 0 Å². The third-order valence-corrected chi connectivity index (χ3v) is 5.83. The van der Waals surface area contributed by atoms with Gasteiger partial charge in [0.15, 0.2) is 6.61 Å². The molecule has 0 spiro atoms. The smallest absolute Gasteiger partial charge is 0.339 e. The summed E-state index contributed by atoms with van der Waals surface area (Å²) < 4.78 is 35.3. The molecule has 0 radical (unpaired) electrons. The molecule has 1 N–H and O–H groups in total. The van der Waals surface area contributed by atoms with Crippen molar-refractivity contribution in [3.8, 4) is 11.5 Å². The number of benzene rings is 3. The van der Waals surface area contributed by atoms with Crippen LogP contribution in [0.4, 0.5) is 5.69 Å². The van der Waals surface area contributed by atoms with Crippen molar-refractivity contribution >= 4 is 39.5 Å². The quantitative estimate of drug-likeness (QED) is 0.202. The van der Waals surface area contributed by atoms with E-state index in [9.17, 15) is 23.3 Å². The number of nitrogens with one attached hydrogen (secondary N) is 1. The Bertz CT molecular complexity index is 1330. The number of carbonyl (C=O) groups excluding carboxylic acids is 1. The van der Waals surface area contributed by atoms with E-state index in [0.29, 0.717) is 21.9 Å². The zero-order valence-corrected chi connectivity index (χ0v) is 19.2. The van der Waals surface area contributed by atoms with Crippen molar-refractivity contribution in [2.75, 3.05) is 6.61 Å². The number of hydrogen-bond donors (Lipinski definition) is 1. The molecule has 0 unspecified atom stereocenters. The van der Waals surface area contributed by atoms with E-state index >= 15 is 0 Å². The Hall–Kier alpha value is -3.96. The predicted molar refractivity (Wildman–Crippen MR) is 125 cm³/mol. The van der Waals surface area contributed by atoms with E-state index < -0.39 is 20.9 Å². The van der Waals surface area contributed by atoms with Gasteiger partial charge in [0.05, 0.1) is 11.1 Å². The van der Waals surface area contributed by atoms with E-state index in [2.05, 4.69) is 10.5 Å². The first-order valence-electron chi connectivity index (χ1n) is 9.64. The molecule has 0 bridgehead atoms. The summed E-state index contributed by atoms with van der Waals surface area (Å²) in [5.74, 6) is -0.000436. The van der Waals surface area contributed by atoms with Gasteiger partial charge in [0.1, 0.15) is 16.4 Å². The van der Waals surface area contributed by atoms with E-state index in [4.69, 9.17) is 20.5 Å². The molecule has 3 aromatic rings. The van der Waals surface area contributed by atoms with Gasteiger partial charge < -0.3 is 8.92 Å². The van der Waals surface area contributed by atoms with Crippen molar-refractivity contribution in [1.82, 2.24) is 5.43 Å². The Morgan fingerprint density at radius 3 is 2.38 bits per heavy atom. The monoisotopic (exact) mass is 503 g/mol. The molecule has 0 saturated heterocycles. The summed E-state index contributed by atoms with van der Waals surface area (Å²) in [6.45, 7) is 1.26. The average molecular weight is 504 g/mol. The van der Waals surface area contributed by atoms with Gasteiger partial charge >= 0.3 is 10.1 Å². The SMILES string of the molecule is Cc1ccc(S(=O)(=O)Oc2ccc(/C=N\NC(=O)COc3ccc(Cl)cc3)cc2)cc1[N+](=O)[O-]. The number of nitrogens with zero attached hydrogens (tertiary/aromatic N) is 2. The number of carbonyl (C=O) groups is 1. The normalized spacial score (nSPS) is 11.2. The van der Waals surface area contributed by atoms with Gasteiger partial charge in [-0.2, -0.15) is 13.5 Å². The Morgan fingerprint density at radius 1 is 1.09 bits per heavy atom. The Labute approximate surface area is 200 Å². The molecule has 0 saturated carbocycles. The summed E-state index contributed by atoms with van der Waals surface area (Å²) >= 11 is 5.78. The van der Waals surface area contributed by atoms with Gasteiger partial charge in [-0.1, -0.05) is 17.7 Å². The molecule has 0 aliphatic carbocycles. The zero-order chi connectivity index (χ0) is 24.7. The predicted octanol–water partition coefficient (Wildman–Crippen LogP) is 3.85. The van der Waals surface area contributed by atoms with Crippen molar-refractivity contribution in [3.63, 3.8) is 0 Å². The number of nitro benzene ring substituents is 1. The maximum Gasteiger partial charge on any atom is 0.339 e. The van der Waals surface area contributed by atoms with Gasteiger partial charge in [-0.3, -0.25) is 14.9 Å². The number of hydrogen-bond acceptors (Lipinski definition) is 8. The van der Waals surface area contributed by atoms with Gasteiger partial charge in [-0.05, 0) is 67.1 Å². The first kappa shape index (κ1) is 24.7. The fourth-order valence-corrected chi connectivity index (χ4v) is 3.69. The molecule has 34 heavy (non-hydrogen) atoms. The van der Waals surface area contributed by atoms with Gasteiger partial charge in [-0.15, -0.1) is 0 Å². The average Bonchev–Trinajstić information content (AvgIpc) is 2.79. The summed E-state index contributed by atoms with van der Waals surface area (Å²) in [5.41, 5.74) is 2.86. The number of amides is 1. The summed E-state index contributed by atoms with van der Waals surface area (Å²) in [6.07, 6.45) is 1.35. The number of halogens is 1. The minimum atomic E-state index is -4.28. The van der Waals surface area contributed by atoms with Crippen LogP contribution in [0, 0.1) is 17.0 Å². The van der Waals surface area contributed by atoms with E-state index in [1.165, 1.54) is 49.5 Å². The largest absolute Gasteiger partial charge is 0.484 e. The van der Waals surface area contributed by atoms with Crippen LogP contribution in [0.3, 0.4) is 0 Å². The van der Waals surface area contributed by atoms with Gasteiger partial charge in [-0.25, -0.2) is 5.43 Å². The highest BCUT2D eigenvalue weighted by molar-refractivity contribution is 7.87. The highest BCUT2D eigenvalue weighted by Crippen LogP contribution is 2.25. The van der Waals surface area contributed by atoms with Crippen molar-refractivity contribution in [2.24, 2.45) is 5.10 Å². The third-order valence-electron chi connectivity index (χ3n) is 4.34. The van der Waals surface area contributed by atoms with E-state index in [1.807, 2.05) is 0 Å². The second-order valence-electron chi connectivity index (χ2n) is 6.85. The molecule has 10 nitrogen and oxygen atoms in total. The van der Waals surface area contributed by atoms with Crippen LogP contribution in [-0.2, 0) is 14.9 Å². The minimum Gasteiger partial charge on any atom is -0.484 e. The van der Waals surface area contributed by atoms with Crippen molar-refractivity contribution in [1.29, 1.82) is 0 Å². The molecule has 0 atom stereocenters. The van der Waals surface area contributed by atoms with Gasteiger partial charge in [0, 0.05) is 16.7 Å². The van der Waals surface area contributed by atoms with E-state index in [-0.39, 0.29) is 22.9 Å². The Balaban J connectivity index is 1.55. The molecular weight excluding hydrogens is 486 g/mol. The fraction of sp³-hybridized carbons (Fsp3) is 0.0909. The standard InChI is InChI=1S/C22H18ClN3O7S/c1-15-2-11-20(12-21(15)26(28)29)34(30,31)33-19-7-3-16(4-8-19)13-24-25-22(27)14-32-18-9-5-17(23)6-10-18/h2-13H,14H2,1H3,(H,25,27)/b24-13-. The molecule has 0 aliphatic rings. The van der Waals surface area contributed by atoms with E-state index in [0.717, 1.165) is 6.07 Å². The second-order valence-corrected chi connectivity index (χ2v) is 8.83. The molecule has 0 heterocycles. The lowest BCUT2D eigenvalue weighted by molar-refractivity contribution is -0.385. The minimum absolute atomic E-state index is 0.000720. The fourth-order valence-electron chi connectivity index (χ4n) is 2.62. The first-order chi connectivity index (χ1) is 16.1. The number of hydrazone groups is 1. The van der Waals surface area contributed by atoms with Crippen molar-refractivity contribution in [2.45, 2.75) is 11.8 Å². The molecule has 3 aromatic carbocycles. The number of aryl methyl sites for hydroxylation is 1. The maximum absolute atomic E-state index is 12.5. The third kappa shape index (κ3) is 6.77. The lowest BCUT2D eigenvalue weighted by Gasteiger charge is -2.08. The zero-order valence-electron chi connectivity index (χ0n) is 17.7. The Morgan fingerprint density at radius 2 is 1.74 bits per heavy atom. The molecule has 3 rings (SSSR count). The van der Waals surface area contributed by atoms with Crippen LogP contribution in [0.2, 0.25) is 5.02 Å². The van der Waals surface area contributed by atoms with Gasteiger partial charge in [0.25, 0.3) is 11.6 Å². The van der Waals surface area contributed by atoms with Crippen LogP contribution in [-0.4, -0.2) is 32.1 Å². The highest BCUT2D eigenvalue weighted by atomic mass is 35.5. The van der Waals surface area contributed by atoms with Crippen LogP contribution in [0.1, 0.15) is 11.1 Å². The molecule has 0 aromatic heterocycles. The number of nitro groups is 1. The van der Waals surface area contributed by atoms with Crippen LogP contribution in [0.25, 0.3) is 0 Å². The summed E-state index contributed by atoms with van der Waals surface area (Å²) in [4.78, 5) is 21.9. The Kier molecular flexibility index (Phi) is 7.82. The molecular formula is C22H18ClN3O7S. The summed E-state index contributed by atoms with van der Waals surface area (Å²) in [7, 11) is -4.28. The molecule has 12 heteroatoms. The van der Waals surface area contributed by atoms with Crippen molar-refractivity contribution < 1.29 is 27.1 Å². The van der Waals surface area contributed by atoms with Crippen LogP contribution in [0.15, 0.2) is 76.7 Å². The van der Waals surface area contributed by atoms with Crippen LogP contribution < -0.4 is 14.3 Å². The number of rotatable bonds is 9. The summed E-state index contributed by atoms with van der Waals surface area (Å²) in [6, 6.07) is 15.8. The second kappa shape index (κ2) is 10.8. The topological polar surface area (TPSA) is 137 Å². The highest BCUT2D eigenvalue weighted by Gasteiger charge is 2.21. The van der Waals surface area contributed by atoms with Crippen molar-refractivity contribution in [3.05, 3.63) is 93.0 Å². The molecule has 0 fully saturated rings. The van der Waals surface area contributed by atoms with E-state index in [1.54, 1.807) is 24.3 Å². The first-order valence-corrected chi connectivity index (χ1v) is 11.4. The molecule has 1 amide bonds. The maximum atomic E-state index is 12.5. The lowest BCUT2D eigenvalue weighted by atomic mass is 10.2. The number of ether oxygens (including phenoxy) is 1. The van der Waals surface area contributed by atoms with Crippen LogP contribution in [0.5, 0.6) is 11.5 Å². The van der Waals surface area contributed by atoms with Crippen LogP contribution >= 0.6 is 11.6 Å². The lowest BCUT2D eigenvalue weighted by Crippen LogP contribution is -2.24.